The van der Waals surface area contributed by atoms with Gasteiger partial charge in [0.1, 0.15) is 5.82 Å². The number of carbonyl (C=O) groups is 1. The number of hydrogen-bond acceptors (Lipinski definition) is 3. The first-order chi connectivity index (χ1) is 7.89. The molecule has 1 heterocycles. The van der Waals surface area contributed by atoms with Crippen LogP contribution in [0.3, 0.4) is 0 Å². The number of rotatable bonds is 1. The highest BCUT2D eigenvalue weighted by Crippen LogP contribution is 2.23. The lowest BCUT2D eigenvalue weighted by atomic mass is 10.1. The van der Waals surface area contributed by atoms with E-state index < -0.39 is 17.3 Å². The summed E-state index contributed by atoms with van der Waals surface area (Å²) in [7, 11) is 0. The van der Waals surface area contributed by atoms with Gasteiger partial charge in [0, 0.05) is 18.8 Å². The van der Waals surface area contributed by atoms with E-state index in [4.69, 9.17) is 5.73 Å². The normalized spacial score (nSPS) is 24.1. The number of amides is 1. The summed E-state index contributed by atoms with van der Waals surface area (Å²) < 4.78 is 13.6. The van der Waals surface area contributed by atoms with Gasteiger partial charge in [-0.2, -0.15) is 0 Å². The van der Waals surface area contributed by atoms with Crippen molar-refractivity contribution in [1.82, 2.24) is 4.90 Å². The zero-order chi connectivity index (χ0) is 12.6. The number of benzene rings is 1. The summed E-state index contributed by atoms with van der Waals surface area (Å²) in [6, 6.07) is 3.99. The Morgan fingerprint density at radius 1 is 1.59 bits per heavy atom. The Morgan fingerprint density at radius 2 is 2.29 bits per heavy atom. The van der Waals surface area contributed by atoms with Crippen molar-refractivity contribution in [1.29, 1.82) is 0 Å². The van der Waals surface area contributed by atoms with Gasteiger partial charge in [0.05, 0.1) is 11.2 Å². The Labute approximate surface area is 98.8 Å². The summed E-state index contributed by atoms with van der Waals surface area (Å²) in [6.07, 6.45) is 0.509. The van der Waals surface area contributed by atoms with E-state index in [9.17, 15) is 14.3 Å². The SMILES string of the molecule is CC1(O)CCN(C(=O)c2ccc(N)cc2F)C1. The monoisotopic (exact) mass is 238 g/mol. The zero-order valence-electron chi connectivity index (χ0n) is 9.61. The molecule has 1 saturated heterocycles. The summed E-state index contributed by atoms with van der Waals surface area (Å²) in [4.78, 5) is 13.5. The van der Waals surface area contributed by atoms with Crippen molar-refractivity contribution < 1.29 is 14.3 Å². The molecule has 92 valence electrons. The number of likely N-dealkylation sites (tertiary alicyclic amines) is 1. The lowest BCUT2D eigenvalue weighted by molar-refractivity contribution is 0.0569. The van der Waals surface area contributed by atoms with Gasteiger partial charge >= 0.3 is 0 Å². The molecule has 0 spiro atoms. The third-order valence-corrected chi connectivity index (χ3v) is 2.96. The maximum Gasteiger partial charge on any atom is 0.256 e. The number of β-amino-alcohol motifs (C(OH)–C–C–N with tert-alkyl or cyclic N) is 1. The highest BCUT2D eigenvalue weighted by Gasteiger charge is 2.34. The fraction of sp³-hybridized carbons (Fsp3) is 0.417. The number of carbonyl (C=O) groups excluding carboxylic acids is 1. The molecule has 0 aliphatic carbocycles. The van der Waals surface area contributed by atoms with Crippen molar-refractivity contribution in [3.63, 3.8) is 0 Å². The van der Waals surface area contributed by atoms with Gasteiger partial charge in [0.2, 0.25) is 0 Å². The predicted molar refractivity (Wildman–Crippen MR) is 62.0 cm³/mol. The zero-order valence-corrected chi connectivity index (χ0v) is 9.61. The second-order valence-electron chi connectivity index (χ2n) is 4.71. The molecule has 1 unspecified atom stereocenters. The average molecular weight is 238 g/mol. The Kier molecular flexibility index (Phi) is 2.79. The lowest BCUT2D eigenvalue weighted by Crippen LogP contribution is -2.34. The fourth-order valence-electron chi connectivity index (χ4n) is 1.99. The minimum atomic E-state index is -0.875. The number of nitrogens with zero attached hydrogens (tertiary/aromatic N) is 1. The summed E-state index contributed by atoms with van der Waals surface area (Å²) in [5.74, 6) is -1.03. The van der Waals surface area contributed by atoms with Crippen LogP contribution in [0.2, 0.25) is 0 Å². The van der Waals surface area contributed by atoms with Crippen LogP contribution in [0.5, 0.6) is 0 Å². The second kappa shape index (κ2) is 4.00. The molecule has 1 aliphatic heterocycles. The minimum Gasteiger partial charge on any atom is -0.399 e. The Bertz CT molecular complexity index is 460. The van der Waals surface area contributed by atoms with E-state index >= 15 is 0 Å². The Morgan fingerprint density at radius 3 is 2.82 bits per heavy atom. The van der Waals surface area contributed by atoms with E-state index in [0.717, 1.165) is 6.07 Å². The van der Waals surface area contributed by atoms with Crippen molar-refractivity contribution >= 4 is 11.6 Å². The number of halogens is 1. The van der Waals surface area contributed by atoms with Crippen molar-refractivity contribution in [3.05, 3.63) is 29.6 Å². The average Bonchev–Trinajstić information content (AvgIpc) is 2.58. The fourth-order valence-corrected chi connectivity index (χ4v) is 1.99. The predicted octanol–water partition coefficient (Wildman–Crippen LogP) is 1.00. The number of aliphatic hydroxyl groups is 1. The molecule has 1 aliphatic rings. The maximum atomic E-state index is 13.6. The minimum absolute atomic E-state index is 0.00287. The first kappa shape index (κ1) is 11.9. The second-order valence-corrected chi connectivity index (χ2v) is 4.71. The van der Waals surface area contributed by atoms with E-state index in [2.05, 4.69) is 0 Å². The Hall–Kier alpha value is -1.62. The summed E-state index contributed by atoms with van der Waals surface area (Å²) in [5, 5.41) is 9.77. The molecule has 0 bridgehead atoms. The van der Waals surface area contributed by atoms with Crippen LogP contribution in [0.25, 0.3) is 0 Å². The third kappa shape index (κ3) is 2.39. The largest absolute Gasteiger partial charge is 0.399 e. The van der Waals surface area contributed by atoms with Crippen molar-refractivity contribution in [2.24, 2.45) is 0 Å². The van der Waals surface area contributed by atoms with Crippen molar-refractivity contribution in [3.8, 4) is 0 Å². The molecule has 1 aromatic rings. The number of nitrogen functional groups attached to an aromatic ring is 1. The Balaban J connectivity index is 2.21. The topological polar surface area (TPSA) is 66.6 Å². The summed E-state index contributed by atoms with van der Waals surface area (Å²) >= 11 is 0. The van der Waals surface area contributed by atoms with Gasteiger partial charge in [-0.25, -0.2) is 4.39 Å². The van der Waals surface area contributed by atoms with E-state index in [1.165, 1.54) is 17.0 Å². The third-order valence-electron chi connectivity index (χ3n) is 2.96. The first-order valence-electron chi connectivity index (χ1n) is 5.46. The van der Waals surface area contributed by atoms with Crippen LogP contribution in [-0.4, -0.2) is 34.6 Å². The molecule has 5 heteroatoms. The van der Waals surface area contributed by atoms with Gasteiger partial charge in [-0.05, 0) is 31.5 Å². The van der Waals surface area contributed by atoms with Gasteiger partial charge in [-0.1, -0.05) is 0 Å². The summed E-state index contributed by atoms with van der Waals surface area (Å²) in [6.45, 7) is 2.34. The highest BCUT2D eigenvalue weighted by molar-refractivity contribution is 5.95. The van der Waals surface area contributed by atoms with Crippen LogP contribution in [0.1, 0.15) is 23.7 Å². The molecule has 0 saturated carbocycles. The van der Waals surface area contributed by atoms with Crippen LogP contribution >= 0.6 is 0 Å². The molecule has 0 radical (unpaired) electrons. The van der Waals surface area contributed by atoms with Gasteiger partial charge < -0.3 is 15.7 Å². The first-order valence-corrected chi connectivity index (χ1v) is 5.46. The van der Waals surface area contributed by atoms with Crippen molar-refractivity contribution in [2.75, 3.05) is 18.8 Å². The van der Waals surface area contributed by atoms with Crippen LogP contribution < -0.4 is 5.73 Å². The van der Waals surface area contributed by atoms with E-state index in [1.54, 1.807) is 6.92 Å². The van der Waals surface area contributed by atoms with Gasteiger partial charge in [-0.3, -0.25) is 4.79 Å². The molecule has 1 amide bonds. The highest BCUT2D eigenvalue weighted by atomic mass is 19.1. The number of anilines is 1. The van der Waals surface area contributed by atoms with Crippen LogP contribution in [0.15, 0.2) is 18.2 Å². The van der Waals surface area contributed by atoms with E-state index in [-0.39, 0.29) is 17.8 Å². The maximum absolute atomic E-state index is 13.6. The van der Waals surface area contributed by atoms with Gasteiger partial charge in [0.25, 0.3) is 5.91 Å². The molecule has 17 heavy (non-hydrogen) atoms. The van der Waals surface area contributed by atoms with Crippen LogP contribution in [0, 0.1) is 5.82 Å². The molecule has 1 aromatic carbocycles. The van der Waals surface area contributed by atoms with Crippen LogP contribution in [-0.2, 0) is 0 Å². The lowest BCUT2D eigenvalue weighted by Gasteiger charge is -2.19. The molecule has 1 atom stereocenters. The van der Waals surface area contributed by atoms with Crippen LogP contribution in [0.4, 0.5) is 10.1 Å². The van der Waals surface area contributed by atoms with Gasteiger partial charge in [0.15, 0.2) is 0 Å². The smallest absolute Gasteiger partial charge is 0.256 e. The molecule has 1 fully saturated rings. The molecule has 0 aromatic heterocycles. The van der Waals surface area contributed by atoms with E-state index in [1.807, 2.05) is 0 Å². The molecule has 2 rings (SSSR count). The molecule has 4 nitrogen and oxygen atoms in total. The molecular formula is C12H15FN2O2. The van der Waals surface area contributed by atoms with E-state index in [0.29, 0.717) is 13.0 Å². The quantitative estimate of drug-likeness (QED) is 0.717. The molecule has 3 N–H and O–H groups in total. The number of hydrogen-bond donors (Lipinski definition) is 2. The summed E-state index contributed by atoms with van der Waals surface area (Å²) in [5.41, 5.74) is 4.83. The van der Waals surface area contributed by atoms with Crippen molar-refractivity contribution in [2.45, 2.75) is 18.9 Å². The standard InChI is InChI=1S/C12H15FN2O2/c1-12(17)4-5-15(7-12)11(16)9-3-2-8(14)6-10(9)13/h2-3,6,17H,4-5,7,14H2,1H3. The van der Waals surface area contributed by atoms with Gasteiger partial charge in [-0.15, -0.1) is 0 Å². The number of nitrogens with two attached hydrogens (primary N) is 1. The molecular weight excluding hydrogens is 223 g/mol.